The Morgan fingerprint density at radius 3 is 2.71 bits per heavy atom. The van der Waals surface area contributed by atoms with Gasteiger partial charge >= 0.3 is 5.97 Å². The van der Waals surface area contributed by atoms with Crippen molar-refractivity contribution in [3.8, 4) is 5.88 Å². The van der Waals surface area contributed by atoms with Crippen LogP contribution in [0.25, 0.3) is 10.9 Å². The van der Waals surface area contributed by atoms with E-state index in [-0.39, 0.29) is 55.4 Å². The van der Waals surface area contributed by atoms with E-state index in [1.54, 1.807) is 20.0 Å². The average Bonchev–Trinajstić information content (AvgIpc) is 3.36. The standard InChI is InChI=1S/C22H23Cl2N3O6S/c1-12-6-17(27(2)26-12)33-22(28)18-19(24)16(11-32-10-13-4-5-31-9-13)21(34(3,29)30)15-7-14(23)8-25-20(15)18/h6-8,13H,4-5,9-11H2,1-3H3. The first-order valence-corrected chi connectivity index (χ1v) is 13.1. The third-order valence-corrected chi connectivity index (χ3v) is 7.28. The predicted octanol–water partition coefficient (Wildman–Crippen LogP) is 3.76. The van der Waals surface area contributed by atoms with Gasteiger partial charge in [0.2, 0.25) is 5.88 Å². The molecule has 9 nitrogen and oxygen atoms in total. The number of esters is 1. The van der Waals surface area contributed by atoms with Gasteiger partial charge < -0.3 is 14.2 Å². The van der Waals surface area contributed by atoms with Gasteiger partial charge in [-0.2, -0.15) is 5.10 Å². The predicted molar refractivity (Wildman–Crippen MR) is 126 cm³/mol. The quantitative estimate of drug-likeness (QED) is 0.427. The van der Waals surface area contributed by atoms with E-state index in [0.29, 0.717) is 25.5 Å². The molecule has 3 heterocycles. The Bertz CT molecular complexity index is 1370. The molecule has 0 spiro atoms. The summed E-state index contributed by atoms with van der Waals surface area (Å²) in [7, 11) is -2.18. The number of benzene rings is 1. The van der Waals surface area contributed by atoms with E-state index in [1.807, 2.05) is 0 Å². The molecule has 0 aliphatic carbocycles. The molecule has 34 heavy (non-hydrogen) atoms. The lowest BCUT2D eigenvalue weighted by Gasteiger charge is -2.18. The van der Waals surface area contributed by atoms with Crippen molar-refractivity contribution >= 4 is 49.9 Å². The molecule has 4 rings (SSSR count). The van der Waals surface area contributed by atoms with Crippen LogP contribution < -0.4 is 4.74 Å². The van der Waals surface area contributed by atoms with E-state index in [0.717, 1.165) is 12.7 Å². The monoisotopic (exact) mass is 527 g/mol. The van der Waals surface area contributed by atoms with Gasteiger partial charge in [-0.05, 0) is 19.4 Å². The highest BCUT2D eigenvalue weighted by atomic mass is 35.5. The Labute approximate surface area is 206 Å². The van der Waals surface area contributed by atoms with Crippen LogP contribution in [0.2, 0.25) is 10.0 Å². The van der Waals surface area contributed by atoms with Crippen molar-refractivity contribution in [1.29, 1.82) is 0 Å². The molecule has 2 aromatic heterocycles. The molecule has 1 atom stereocenters. The molecule has 1 saturated heterocycles. The van der Waals surface area contributed by atoms with Crippen molar-refractivity contribution in [2.45, 2.75) is 24.8 Å². The summed E-state index contributed by atoms with van der Waals surface area (Å²) in [5, 5.41) is 4.42. The second kappa shape index (κ2) is 9.79. The lowest BCUT2D eigenvalue weighted by Crippen LogP contribution is -2.17. The maximum absolute atomic E-state index is 13.3. The fraction of sp³-hybridized carbons (Fsp3) is 0.409. The third kappa shape index (κ3) is 5.06. The van der Waals surface area contributed by atoms with E-state index in [2.05, 4.69) is 10.1 Å². The highest BCUT2D eigenvalue weighted by molar-refractivity contribution is 7.91. The van der Waals surface area contributed by atoms with E-state index in [9.17, 15) is 13.2 Å². The van der Waals surface area contributed by atoms with E-state index in [4.69, 9.17) is 37.4 Å². The minimum absolute atomic E-state index is 0.0617. The van der Waals surface area contributed by atoms with Crippen LogP contribution in [0, 0.1) is 12.8 Å². The minimum Gasteiger partial charge on any atom is -0.404 e. The van der Waals surface area contributed by atoms with Crippen molar-refractivity contribution < 1.29 is 27.4 Å². The first-order valence-electron chi connectivity index (χ1n) is 10.4. The number of aryl methyl sites for hydroxylation is 2. The summed E-state index contributed by atoms with van der Waals surface area (Å²) in [5.41, 5.74) is 0.783. The van der Waals surface area contributed by atoms with Crippen LogP contribution in [0.15, 0.2) is 23.2 Å². The summed E-state index contributed by atoms with van der Waals surface area (Å²) < 4.78 is 43.8. The van der Waals surface area contributed by atoms with Gasteiger partial charge in [0.25, 0.3) is 0 Å². The molecule has 0 saturated carbocycles. The number of rotatable bonds is 7. The SMILES string of the molecule is Cc1cc(OC(=O)c2c(Cl)c(COCC3CCOC3)c(S(C)(=O)=O)c3cc(Cl)cnc23)n(C)n1. The number of nitrogens with zero attached hydrogens (tertiary/aromatic N) is 3. The van der Waals surface area contributed by atoms with Crippen LogP contribution in [0.3, 0.4) is 0 Å². The van der Waals surface area contributed by atoms with Gasteiger partial charge in [-0.3, -0.25) is 4.98 Å². The van der Waals surface area contributed by atoms with E-state index < -0.39 is 15.8 Å². The first kappa shape index (κ1) is 24.9. The van der Waals surface area contributed by atoms with Crippen LogP contribution in [0.5, 0.6) is 5.88 Å². The zero-order chi connectivity index (χ0) is 24.6. The maximum atomic E-state index is 13.3. The van der Waals surface area contributed by atoms with Crippen LogP contribution in [0.4, 0.5) is 0 Å². The number of hydrogen-bond donors (Lipinski definition) is 0. The molecule has 1 aliphatic rings. The summed E-state index contributed by atoms with van der Waals surface area (Å²) in [6, 6.07) is 3.03. The lowest BCUT2D eigenvalue weighted by molar-refractivity contribution is 0.0719. The number of halogens is 2. The molecule has 12 heteroatoms. The zero-order valence-corrected chi connectivity index (χ0v) is 21.1. The largest absolute Gasteiger partial charge is 0.404 e. The first-order chi connectivity index (χ1) is 16.1. The summed E-state index contributed by atoms with van der Waals surface area (Å²) in [4.78, 5) is 17.4. The second-order valence-electron chi connectivity index (χ2n) is 8.20. The summed E-state index contributed by atoms with van der Waals surface area (Å²) in [6.45, 7) is 3.22. The van der Waals surface area contributed by atoms with Gasteiger partial charge in [0.15, 0.2) is 9.84 Å². The molecular formula is C22H23Cl2N3O6S. The molecule has 0 amide bonds. The highest BCUT2D eigenvalue weighted by Crippen LogP contribution is 2.38. The fourth-order valence-corrected chi connectivity index (χ4v) is 5.63. The van der Waals surface area contributed by atoms with Crippen LogP contribution in [0.1, 0.15) is 28.0 Å². The smallest absolute Gasteiger partial charge is 0.348 e. The van der Waals surface area contributed by atoms with E-state index >= 15 is 0 Å². The Hall–Kier alpha value is -2.24. The van der Waals surface area contributed by atoms with Crippen LogP contribution in [-0.4, -0.2) is 55.2 Å². The number of carbonyl (C=O) groups is 1. The Kier molecular flexibility index (Phi) is 7.16. The molecule has 0 radical (unpaired) electrons. The molecule has 1 aromatic carbocycles. The van der Waals surface area contributed by atoms with Gasteiger partial charge in [-0.15, -0.1) is 0 Å². The molecule has 182 valence electrons. The van der Waals surface area contributed by atoms with Crippen molar-refractivity contribution in [2.24, 2.45) is 13.0 Å². The summed E-state index contributed by atoms with van der Waals surface area (Å²) in [5.74, 6) is -0.403. The molecule has 0 bridgehead atoms. The number of aromatic nitrogens is 3. The minimum atomic E-state index is -3.81. The van der Waals surface area contributed by atoms with E-state index in [1.165, 1.54) is 16.9 Å². The van der Waals surface area contributed by atoms with Crippen LogP contribution >= 0.6 is 23.2 Å². The van der Waals surface area contributed by atoms with Gasteiger partial charge in [-0.1, -0.05) is 23.2 Å². The van der Waals surface area contributed by atoms with Crippen molar-refractivity contribution in [1.82, 2.24) is 14.8 Å². The number of sulfone groups is 1. The molecule has 0 N–H and O–H groups in total. The summed E-state index contributed by atoms with van der Waals surface area (Å²) >= 11 is 12.8. The Morgan fingerprint density at radius 1 is 1.32 bits per heavy atom. The number of ether oxygens (including phenoxy) is 3. The second-order valence-corrected chi connectivity index (χ2v) is 11.0. The summed E-state index contributed by atoms with van der Waals surface area (Å²) in [6.07, 6.45) is 3.23. The highest BCUT2D eigenvalue weighted by Gasteiger charge is 2.30. The van der Waals surface area contributed by atoms with Crippen molar-refractivity contribution in [2.75, 3.05) is 26.1 Å². The maximum Gasteiger partial charge on any atom is 0.348 e. The van der Waals surface area contributed by atoms with Crippen molar-refractivity contribution in [3.63, 3.8) is 0 Å². The lowest BCUT2D eigenvalue weighted by atomic mass is 10.0. The van der Waals surface area contributed by atoms with Crippen LogP contribution in [-0.2, 0) is 33.0 Å². The Morgan fingerprint density at radius 2 is 2.09 bits per heavy atom. The number of hydrogen-bond acceptors (Lipinski definition) is 8. The molecule has 1 fully saturated rings. The zero-order valence-electron chi connectivity index (χ0n) is 18.8. The number of pyridine rings is 1. The average molecular weight is 528 g/mol. The normalized spacial score (nSPS) is 16.3. The molecular weight excluding hydrogens is 505 g/mol. The fourth-order valence-electron chi connectivity index (χ4n) is 3.94. The topological polar surface area (TPSA) is 110 Å². The molecule has 1 aliphatic heterocycles. The molecule has 3 aromatic rings. The Balaban J connectivity index is 1.84. The number of carbonyl (C=O) groups excluding carboxylic acids is 1. The van der Waals surface area contributed by atoms with Gasteiger partial charge in [0.1, 0.15) is 5.56 Å². The van der Waals surface area contributed by atoms with Gasteiger partial charge in [-0.25, -0.2) is 17.9 Å². The molecule has 1 unspecified atom stereocenters. The van der Waals surface area contributed by atoms with Gasteiger partial charge in [0.05, 0.1) is 46.0 Å². The number of fused-ring (bicyclic) bond motifs is 1. The third-order valence-electron chi connectivity index (χ3n) is 5.45. The van der Waals surface area contributed by atoms with Gasteiger partial charge in [0, 0.05) is 49.0 Å². The van der Waals surface area contributed by atoms with Crippen molar-refractivity contribution in [3.05, 3.63) is 45.2 Å².